The first-order chi connectivity index (χ1) is 17.6. The average Bonchev–Trinajstić information content (AvgIpc) is 3.62. The molecule has 0 spiro atoms. The average molecular weight is 502 g/mol. The Morgan fingerprint density at radius 2 is 1.92 bits per heavy atom. The molecule has 0 radical (unpaired) electrons. The SMILES string of the molecule is C[C@H](C(=O)N(Cc1cccc(OCCc2cccs2)c1)C1CCCC1)c1n[nH]c(=O)c2ccccc12. The van der Waals surface area contributed by atoms with Crippen molar-refractivity contribution in [2.45, 2.75) is 57.5 Å². The van der Waals surface area contributed by atoms with E-state index in [4.69, 9.17) is 4.74 Å². The first-order valence-corrected chi connectivity index (χ1v) is 13.5. The number of carbonyl (C=O) groups is 1. The highest BCUT2D eigenvalue weighted by Crippen LogP contribution is 2.30. The molecule has 0 unspecified atom stereocenters. The molecule has 1 aliphatic rings. The van der Waals surface area contributed by atoms with E-state index in [9.17, 15) is 9.59 Å². The molecule has 0 saturated heterocycles. The number of nitrogens with one attached hydrogen (secondary N) is 1. The minimum Gasteiger partial charge on any atom is -0.493 e. The Bertz CT molecular complexity index is 1380. The van der Waals surface area contributed by atoms with Crippen LogP contribution in [-0.4, -0.2) is 33.7 Å². The summed E-state index contributed by atoms with van der Waals surface area (Å²) in [6.45, 7) is 3.04. The lowest BCUT2D eigenvalue weighted by Gasteiger charge is -2.31. The quantitative estimate of drug-likeness (QED) is 0.320. The van der Waals surface area contributed by atoms with Crippen LogP contribution in [0.25, 0.3) is 10.8 Å². The summed E-state index contributed by atoms with van der Waals surface area (Å²) in [5, 5.41) is 10.3. The summed E-state index contributed by atoms with van der Waals surface area (Å²) in [7, 11) is 0. The van der Waals surface area contributed by atoms with Gasteiger partial charge in [0.2, 0.25) is 5.91 Å². The lowest BCUT2D eigenvalue weighted by molar-refractivity contribution is -0.135. The van der Waals surface area contributed by atoms with E-state index in [0.717, 1.165) is 48.8 Å². The van der Waals surface area contributed by atoms with Gasteiger partial charge in [-0.25, -0.2) is 5.10 Å². The van der Waals surface area contributed by atoms with Gasteiger partial charge >= 0.3 is 0 Å². The van der Waals surface area contributed by atoms with E-state index >= 15 is 0 Å². The number of thiophene rings is 1. The number of carbonyl (C=O) groups excluding carboxylic acids is 1. The Labute approximate surface area is 214 Å². The maximum absolute atomic E-state index is 13.9. The molecule has 2 aromatic heterocycles. The zero-order chi connectivity index (χ0) is 24.9. The Hall–Kier alpha value is -3.45. The smallest absolute Gasteiger partial charge is 0.272 e. The number of hydrogen-bond acceptors (Lipinski definition) is 5. The predicted octanol–water partition coefficient (Wildman–Crippen LogP) is 5.68. The fraction of sp³-hybridized carbons (Fsp3) is 0.345. The molecule has 1 N–H and O–H groups in total. The minimum atomic E-state index is -0.474. The minimum absolute atomic E-state index is 0.0376. The highest BCUT2D eigenvalue weighted by Gasteiger charge is 2.32. The van der Waals surface area contributed by atoms with Crippen molar-refractivity contribution in [1.82, 2.24) is 15.1 Å². The number of nitrogens with zero attached hydrogens (tertiary/aromatic N) is 2. The summed E-state index contributed by atoms with van der Waals surface area (Å²) in [5.41, 5.74) is 1.43. The van der Waals surface area contributed by atoms with Crippen LogP contribution in [0.3, 0.4) is 0 Å². The third kappa shape index (κ3) is 5.36. The summed E-state index contributed by atoms with van der Waals surface area (Å²) in [6.07, 6.45) is 5.17. The molecule has 1 amide bonds. The highest BCUT2D eigenvalue weighted by atomic mass is 32.1. The molecule has 1 fully saturated rings. The Kier molecular flexibility index (Phi) is 7.47. The first kappa shape index (κ1) is 24.3. The van der Waals surface area contributed by atoms with Crippen molar-refractivity contribution in [3.05, 3.63) is 92.5 Å². The monoisotopic (exact) mass is 501 g/mol. The van der Waals surface area contributed by atoms with E-state index in [0.29, 0.717) is 24.2 Å². The van der Waals surface area contributed by atoms with Gasteiger partial charge in [0.1, 0.15) is 5.75 Å². The second-order valence-corrected chi connectivity index (χ2v) is 10.5. The van der Waals surface area contributed by atoms with E-state index in [1.807, 2.05) is 48.2 Å². The van der Waals surface area contributed by atoms with Crippen LogP contribution in [0.5, 0.6) is 5.75 Å². The zero-order valence-corrected chi connectivity index (χ0v) is 21.3. The van der Waals surface area contributed by atoms with Crippen molar-refractivity contribution < 1.29 is 9.53 Å². The van der Waals surface area contributed by atoms with E-state index in [1.54, 1.807) is 17.4 Å². The molecule has 1 aliphatic carbocycles. The molecular weight excluding hydrogens is 470 g/mol. The van der Waals surface area contributed by atoms with Gasteiger partial charge in [-0.3, -0.25) is 9.59 Å². The lowest BCUT2D eigenvalue weighted by atomic mass is 9.98. The van der Waals surface area contributed by atoms with Crippen molar-refractivity contribution >= 4 is 28.0 Å². The van der Waals surface area contributed by atoms with Gasteiger partial charge in [0.05, 0.1) is 23.6 Å². The number of H-pyrrole nitrogens is 1. The van der Waals surface area contributed by atoms with Crippen molar-refractivity contribution in [2.24, 2.45) is 0 Å². The van der Waals surface area contributed by atoms with Crippen LogP contribution in [0.1, 0.15) is 54.7 Å². The first-order valence-electron chi connectivity index (χ1n) is 12.6. The maximum atomic E-state index is 13.9. The molecule has 5 rings (SSSR count). The molecule has 6 nitrogen and oxygen atoms in total. The number of aromatic amines is 1. The van der Waals surface area contributed by atoms with Crippen LogP contribution >= 0.6 is 11.3 Å². The molecule has 7 heteroatoms. The number of amides is 1. The molecule has 0 aliphatic heterocycles. The summed E-state index contributed by atoms with van der Waals surface area (Å²) < 4.78 is 6.02. The lowest BCUT2D eigenvalue weighted by Crippen LogP contribution is -2.41. The topological polar surface area (TPSA) is 75.3 Å². The van der Waals surface area contributed by atoms with Gasteiger partial charge in [-0.15, -0.1) is 11.3 Å². The van der Waals surface area contributed by atoms with Crippen LogP contribution in [0, 0.1) is 0 Å². The fourth-order valence-electron chi connectivity index (χ4n) is 5.09. The second kappa shape index (κ2) is 11.1. The van der Waals surface area contributed by atoms with Gasteiger partial charge in [0.15, 0.2) is 0 Å². The van der Waals surface area contributed by atoms with Crippen LogP contribution < -0.4 is 10.3 Å². The van der Waals surface area contributed by atoms with E-state index in [-0.39, 0.29) is 17.5 Å². The van der Waals surface area contributed by atoms with Crippen LogP contribution in [0.15, 0.2) is 70.8 Å². The van der Waals surface area contributed by atoms with E-state index in [1.165, 1.54) is 4.88 Å². The molecule has 186 valence electrons. The normalized spacial score (nSPS) is 14.7. The molecule has 2 heterocycles. The number of aromatic nitrogens is 2. The van der Waals surface area contributed by atoms with Gasteiger partial charge < -0.3 is 9.64 Å². The van der Waals surface area contributed by atoms with Crippen LogP contribution in [-0.2, 0) is 17.8 Å². The van der Waals surface area contributed by atoms with Gasteiger partial charge in [0, 0.05) is 29.3 Å². The molecule has 36 heavy (non-hydrogen) atoms. The highest BCUT2D eigenvalue weighted by molar-refractivity contribution is 7.09. The second-order valence-electron chi connectivity index (χ2n) is 9.43. The molecule has 1 saturated carbocycles. The van der Waals surface area contributed by atoms with E-state index in [2.05, 4.69) is 33.8 Å². The zero-order valence-electron chi connectivity index (χ0n) is 20.5. The fourth-order valence-corrected chi connectivity index (χ4v) is 5.78. The van der Waals surface area contributed by atoms with Gasteiger partial charge in [-0.05, 0) is 55.0 Å². The van der Waals surface area contributed by atoms with Gasteiger partial charge in [-0.2, -0.15) is 5.10 Å². The Morgan fingerprint density at radius 3 is 2.69 bits per heavy atom. The number of ether oxygens (including phenoxy) is 1. The number of fused-ring (bicyclic) bond motifs is 1. The van der Waals surface area contributed by atoms with Crippen LogP contribution in [0.4, 0.5) is 0 Å². The molecule has 2 aromatic carbocycles. The molecule has 4 aromatic rings. The summed E-state index contributed by atoms with van der Waals surface area (Å²) in [5.74, 6) is 0.386. The maximum Gasteiger partial charge on any atom is 0.272 e. The molecule has 0 bridgehead atoms. The van der Waals surface area contributed by atoms with Gasteiger partial charge in [-0.1, -0.05) is 49.2 Å². The Morgan fingerprint density at radius 1 is 1.11 bits per heavy atom. The van der Waals surface area contributed by atoms with Crippen molar-refractivity contribution in [2.75, 3.05) is 6.61 Å². The number of hydrogen-bond donors (Lipinski definition) is 1. The van der Waals surface area contributed by atoms with Crippen molar-refractivity contribution in [1.29, 1.82) is 0 Å². The largest absolute Gasteiger partial charge is 0.493 e. The Balaban J connectivity index is 1.35. The van der Waals surface area contributed by atoms with Gasteiger partial charge in [0.25, 0.3) is 5.56 Å². The summed E-state index contributed by atoms with van der Waals surface area (Å²) >= 11 is 1.74. The third-order valence-corrected chi connectivity index (χ3v) is 7.94. The summed E-state index contributed by atoms with van der Waals surface area (Å²) in [4.78, 5) is 29.5. The molecular formula is C29H31N3O3S. The molecule has 1 atom stereocenters. The number of benzene rings is 2. The van der Waals surface area contributed by atoms with E-state index < -0.39 is 5.92 Å². The van der Waals surface area contributed by atoms with Crippen molar-refractivity contribution in [3.8, 4) is 5.75 Å². The summed E-state index contributed by atoms with van der Waals surface area (Å²) in [6, 6.07) is 19.8. The standard InChI is InChI=1S/C29H31N3O3S/c1-20(27-25-13-4-5-14-26(25)28(33)31-30-27)29(34)32(22-9-2-3-10-22)19-21-8-6-11-23(18-21)35-16-15-24-12-7-17-36-24/h4-8,11-14,17-18,20,22H,2-3,9-10,15-16,19H2,1H3,(H,31,33)/t20-/m0/s1. The third-order valence-electron chi connectivity index (χ3n) is 7.00. The van der Waals surface area contributed by atoms with Crippen molar-refractivity contribution in [3.63, 3.8) is 0 Å². The number of rotatable bonds is 9. The predicted molar refractivity (Wildman–Crippen MR) is 144 cm³/mol. The van der Waals surface area contributed by atoms with Crippen LogP contribution in [0.2, 0.25) is 0 Å².